The molecular formula is C17H24N2O4. The van der Waals surface area contributed by atoms with E-state index >= 15 is 0 Å². The zero-order valence-corrected chi connectivity index (χ0v) is 13.8. The van der Waals surface area contributed by atoms with Gasteiger partial charge in [-0.3, -0.25) is 19.8 Å². The Bertz CT molecular complexity index is 529. The average molecular weight is 320 g/mol. The highest BCUT2D eigenvalue weighted by Crippen LogP contribution is 2.06. The normalized spacial score (nSPS) is 11.8. The molecule has 1 amide bonds. The maximum Gasteiger partial charge on any atom is 0.325 e. The molecule has 0 unspecified atom stereocenters. The number of carbonyl (C=O) groups excluding carboxylic acids is 3. The molecule has 1 rings (SSSR count). The Balaban J connectivity index is 2.63. The van der Waals surface area contributed by atoms with Crippen LogP contribution in [0.4, 0.5) is 0 Å². The number of rotatable bonds is 9. The number of esters is 1. The van der Waals surface area contributed by atoms with Gasteiger partial charge in [0.15, 0.2) is 0 Å². The molecule has 1 aromatic carbocycles. The zero-order chi connectivity index (χ0) is 17.2. The van der Waals surface area contributed by atoms with Crippen molar-refractivity contribution in [2.45, 2.75) is 39.7 Å². The van der Waals surface area contributed by atoms with Gasteiger partial charge in [0, 0.05) is 18.4 Å². The predicted octanol–water partition coefficient (Wildman–Crippen LogP) is 1.86. The van der Waals surface area contributed by atoms with Gasteiger partial charge < -0.3 is 4.74 Å². The second-order valence-corrected chi connectivity index (χ2v) is 5.61. The Labute approximate surface area is 136 Å². The quantitative estimate of drug-likeness (QED) is 0.536. The summed E-state index contributed by atoms with van der Waals surface area (Å²) in [6, 6.07) is 7.69. The van der Waals surface area contributed by atoms with Crippen molar-refractivity contribution in [1.82, 2.24) is 10.9 Å². The van der Waals surface area contributed by atoms with Gasteiger partial charge in [0.25, 0.3) is 5.91 Å². The van der Waals surface area contributed by atoms with Crippen molar-refractivity contribution in [3.63, 3.8) is 0 Å². The maximum atomic E-state index is 12.0. The summed E-state index contributed by atoms with van der Waals surface area (Å²) < 4.78 is 4.94. The summed E-state index contributed by atoms with van der Waals surface area (Å²) in [4.78, 5) is 35.8. The summed E-state index contributed by atoms with van der Waals surface area (Å²) in [6.45, 7) is 5.76. The number of hydrogen-bond acceptors (Lipinski definition) is 5. The number of nitrogens with one attached hydrogen (secondary N) is 2. The second-order valence-electron chi connectivity index (χ2n) is 5.61. The first-order chi connectivity index (χ1) is 10.9. The number of hydrazine groups is 1. The molecule has 0 bridgehead atoms. The molecule has 126 valence electrons. The topological polar surface area (TPSA) is 84.5 Å². The Morgan fingerprint density at radius 3 is 2.30 bits per heavy atom. The van der Waals surface area contributed by atoms with Crippen molar-refractivity contribution >= 4 is 17.7 Å². The third-order valence-electron chi connectivity index (χ3n) is 3.03. The van der Waals surface area contributed by atoms with Gasteiger partial charge in [0.2, 0.25) is 0 Å². The predicted molar refractivity (Wildman–Crippen MR) is 86.5 cm³/mol. The van der Waals surface area contributed by atoms with Crippen LogP contribution in [0.5, 0.6) is 0 Å². The first-order valence-electron chi connectivity index (χ1n) is 7.73. The molecule has 1 atom stereocenters. The van der Waals surface area contributed by atoms with E-state index in [9.17, 15) is 14.4 Å². The van der Waals surface area contributed by atoms with E-state index in [1.54, 1.807) is 37.3 Å². The van der Waals surface area contributed by atoms with Gasteiger partial charge in [0.05, 0.1) is 6.61 Å². The molecule has 0 aliphatic heterocycles. The van der Waals surface area contributed by atoms with Crippen LogP contribution in [0.1, 0.15) is 44.0 Å². The smallest absolute Gasteiger partial charge is 0.325 e. The van der Waals surface area contributed by atoms with Crippen LogP contribution >= 0.6 is 0 Å². The van der Waals surface area contributed by atoms with Crippen molar-refractivity contribution in [2.24, 2.45) is 5.92 Å². The highest BCUT2D eigenvalue weighted by atomic mass is 16.5. The van der Waals surface area contributed by atoms with Gasteiger partial charge in [-0.1, -0.05) is 32.0 Å². The lowest BCUT2D eigenvalue weighted by Gasteiger charge is -2.17. The average Bonchev–Trinajstić information content (AvgIpc) is 2.51. The van der Waals surface area contributed by atoms with Gasteiger partial charge in [-0.15, -0.1) is 0 Å². The van der Waals surface area contributed by atoms with Gasteiger partial charge >= 0.3 is 5.97 Å². The highest BCUT2D eigenvalue weighted by molar-refractivity contribution is 5.94. The minimum atomic E-state index is -0.895. The molecule has 23 heavy (non-hydrogen) atoms. The maximum absolute atomic E-state index is 12.0. The molecule has 0 radical (unpaired) electrons. The van der Waals surface area contributed by atoms with E-state index in [4.69, 9.17) is 4.74 Å². The number of carbonyl (C=O) groups is 3. The number of Topliss-reactive ketones (excluding diaryl/α,β-unsaturated/α-hetero) is 1. The zero-order valence-electron chi connectivity index (χ0n) is 13.8. The minimum absolute atomic E-state index is 0.0217. The van der Waals surface area contributed by atoms with Crippen LogP contribution in [0.15, 0.2) is 30.3 Å². The molecule has 0 fully saturated rings. The molecule has 0 spiro atoms. The number of amides is 1. The summed E-state index contributed by atoms with van der Waals surface area (Å²) in [5.41, 5.74) is 5.52. The first kappa shape index (κ1) is 18.8. The molecule has 0 saturated carbocycles. The molecule has 1 aromatic rings. The van der Waals surface area contributed by atoms with Crippen molar-refractivity contribution in [2.75, 3.05) is 6.61 Å². The van der Waals surface area contributed by atoms with Crippen molar-refractivity contribution in [3.8, 4) is 0 Å². The van der Waals surface area contributed by atoms with Crippen LogP contribution in [-0.2, 0) is 14.3 Å². The van der Waals surface area contributed by atoms with Crippen LogP contribution in [0.25, 0.3) is 0 Å². The fraction of sp³-hybridized carbons (Fsp3) is 0.471. The van der Waals surface area contributed by atoms with Crippen LogP contribution in [0.3, 0.4) is 0 Å². The van der Waals surface area contributed by atoms with E-state index in [2.05, 4.69) is 10.9 Å². The van der Waals surface area contributed by atoms with Crippen molar-refractivity contribution < 1.29 is 19.1 Å². The minimum Gasteiger partial charge on any atom is -0.465 e. The molecule has 0 saturated heterocycles. The fourth-order valence-electron chi connectivity index (χ4n) is 2.02. The van der Waals surface area contributed by atoms with Gasteiger partial charge in [-0.2, -0.15) is 0 Å². The largest absolute Gasteiger partial charge is 0.465 e. The third-order valence-corrected chi connectivity index (χ3v) is 3.03. The van der Waals surface area contributed by atoms with E-state index in [1.807, 2.05) is 13.8 Å². The van der Waals surface area contributed by atoms with E-state index in [1.165, 1.54) is 0 Å². The Kier molecular flexibility index (Phi) is 7.97. The van der Waals surface area contributed by atoms with E-state index < -0.39 is 12.0 Å². The number of ketones is 1. The lowest BCUT2D eigenvalue weighted by Crippen LogP contribution is -2.49. The van der Waals surface area contributed by atoms with Crippen LogP contribution < -0.4 is 10.9 Å². The Morgan fingerprint density at radius 1 is 1.09 bits per heavy atom. The SMILES string of the molecule is CCOC(=O)[C@@H](CC(=O)CC(C)C)NNC(=O)c1ccccc1. The number of benzene rings is 1. The van der Waals surface area contributed by atoms with Gasteiger partial charge in [0.1, 0.15) is 11.8 Å². The molecule has 0 aliphatic rings. The highest BCUT2D eigenvalue weighted by Gasteiger charge is 2.24. The number of ether oxygens (including phenoxy) is 1. The summed E-state index contributed by atoms with van der Waals surface area (Å²) >= 11 is 0. The van der Waals surface area contributed by atoms with Crippen LogP contribution in [0, 0.1) is 5.92 Å². The van der Waals surface area contributed by atoms with E-state index in [-0.39, 0.29) is 30.6 Å². The lowest BCUT2D eigenvalue weighted by molar-refractivity contribution is -0.147. The summed E-state index contributed by atoms with van der Waals surface area (Å²) in [7, 11) is 0. The van der Waals surface area contributed by atoms with Crippen LogP contribution in [0.2, 0.25) is 0 Å². The molecule has 6 heteroatoms. The van der Waals surface area contributed by atoms with E-state index in [0.717, 1.165) is 0 Å². The summed E-state index contributed by atoms with van der Waals surface area (Å²) in [6.07, 6.45) is 0.357. The summed E-state index contributed by atoms with van der Waals surface area (Å²) in [5, 5.41) is 0. The van der Waals surface area contributed by atoms with Crippen molar-refractivity contribution in [3.05, 3.63) is 35.9 Å². The lowest BCUT2D eigenvalue weighted by atomic mass is 10.0. The second kappa shape index (κ2) is 9.74. The molecule has 2 N–H and O–H groups in total. The molecule has 0 aliphatic carbocycles. The van der Waals surface area contributed by atoms with Crippen LogP contribution in [-0.4, -0.2) is 30.3 Å². The van der Waals surface area contributed by atoms with E-state index in [0.29, 0.717) is 12.0 Å². The standard InChI is InChI=1S/C17H24N2O4/c1-4-23-17(22)15(11-14(20)10-12(2)3)18-19-16(21)13-8-6-5-7-9-13/h5-9,12,15,18H,4,10-11H2,1-3H3,(H,19,21)/t15-/m1/s1. The third kappa shape index (κ3) is 7.06. The molecule has 0 aromatic heterocycles. The first-order valence-corrected chi connectivity index (χ1v) is 7.73. The fourth-order valence-corrected chi connectivity index (χ4v) is 2.02. The van der Waals surface area contributed by atoms with Crippen molar-refractivity contribution in [1.29, 1.82) is 0 Å². The molecular weight excluding hydrogens is 296 g/mol. The molecule has 6 nitrogen and oxygen atoms in total. The Morgan fingerprint density at radius 2 is 1.74 bits per heavy atom. The van der Waals surface area contributed by atoms with Gasteiger partial charge in [-0.25, -0.2) is 5.43 Å². The number of hydrogen-bond donors (Lipinski definition) is 2. The summed E-state index contributed by atoms with van der Waals surface area (Å²) in [5.74, 6) is -0.780. The Hall–Kier alpha value is -2.21. The molecule has 0 heterocycles. The van der Waals surface area contributed by atoms with Gasteiger partial charge in [-0.05, 0) is 25.0 Å². The monoisotopic (exact) mass is 320 g/mol.